The molecule has 0 saturated carbocycles. The first kappa shape index (κ1) is 14.9. The summed E-state index contributed by atoms with van der Waals surface area (Å²) in [5, 5.41) is 10.4. The van der Waals surface area contributed by atoms with Crippen molar-refractivity contribution >= 4 is 11.9 Å². The van der Waals surface area contributed by atoms with Gasteiger partial charge in [0.25, 0.3) is 5.91 Å². The minimum atomic E-state index is -4.68. The standard InChI is InChI=1S/C11H11F3N2O3/c1-6-3-2-4-7(15-6)9(17)16-8(10(18)19)5-11(12,13)14/h2-4,8H,5H2,1H3,(H,16,17)(H,18,19). The maximum atomic E-state index is 12.2. The molecule has 1 unspecified atom stereocenters. The Morgan fingerprint density at radius 2 is 2.05 bits per heavy atom. The zero-order chi connectivity index (χ0) is 14.6. The predicted octanol–water partition coefficient (Wildman–Crippen LogP) is 1.53. The molecule has 0 aliphatic carbocycles. The Morgan fingerprint density at radius 3 is 2.53 bits per heavy atom. The van der Waals surface area contributed by atoms with Crippen LogP contribution in [-0.4, -0.2) is 34.2 Å². The largest absolute Gasteiger partial charge is 0.480 e. The van der Waals surface area contributed by atoms with Gasteiger partial charge in [-0.2, -0.15) is 13.2 Å². The molecule has 0 aromatic carbocycles. The smallest absolute Gasteiger partial charge is 0.391 e. The van der Waals surface area contributed by atoms with Crippen molar-refractivity contribution in [2.45, 2.75) is 25.6 Å². The van der Waals surface area contributed by atoms with Crippen molar-refractivity contribution in [1.82, 2.24) is 10.3 Å². The molecule has 104 valence electrons. The number of aryl methyl sites for hydroxylation is 1. The van der Waals surface area contributed by atoms with Crippen LogP contribution in [0.2, 0.25) is 0 Å². The van der Waals surface area contributed by atoms with Gasteiger partial charge in [0.1, 0.15) is 11.7 Å². The van der Waals surface area contributed by atoms with Crippen molar-refractivity contribution < 1.29 is 27.9 Å². The number of nitrogens with one attached hydrogen (secondary N) is 1. The minimum absolute atomic E-state index is 0.131. The van der Waals surface area contributed by atoms with Gasteiger partial charge in [-0.25, -0.2) is 9.78 Å². The fourth-order valence-corrected chi connectivity index (χ4v) is 1.33. The summed E-state index contributed by atoms with van der Waals surface area (Å²) < 4.78 is 36.5. The number of nitrogens with zero attached hydrogens (tertiary/aromatic N) is 1. The lowest BCUT2D eigenvalue weighted by molar-refractivity contribution is -0.157. The first-order valence-corrected chi connectivity index (χ1v) is 5.23. The first-order valence-electron chi connectivity index (χ1n) is 5.23. The SMILES string of the molecule is Cc1cccc(C(=O)NC(CC(F)(F)F)C(=O)O)n1. The van der Waals surface area contributed by atoms with Crippen LogP contribution < -0.4 is 5.32 Å². The third kappa shape index (κ3) is 4.94. The summed E-state index contributed by atoms with van der Waals surface area (Å²) in [5.74, 6) is -2.71. The third-order valence-corrected chi connectivity index (χ3v) is 2.16. The number of amides is 1. The van der Waals surface area contributed by atoms with Gasteiger partial charge in [0.15, 0.2) is 0 Å². The predicted molar refractivity (Wildman–Crippen MR) is 58.5 cm³/mol. The molecule has 1 rings (SSSR count). The van der Waals surface area contributed by atoms with Crippen molar-refractivity contribution in [1.29, 1.82) is 0 Å². The van der Waals surface area contributed by atoms with E-state index < -0.39 is 30.5 Å². The van der Waals surface area contributed by atoms with E-state index in [0.717, 1.165) is 0 Å². The zero-order valence-corrected chi connectivity index (χ0v) is 9.86. The molecular formula is C11H11F3N2O3. The normalized spacial score (nSPS) is 12.8. The van der Waals surface area contributed by atoms with Gasteiger partial charge in [0.2, 0.25) is 0 Å². The number of carboxylic acid groups (broad SMARTS) is 1. The van der Waals surface area contributed by atoms with Gasteiger partial charge in [-0.3, -0.25) is 4.79 Å². The van der Waals surface area contributed by atoms with Crippen molar-refractivity contribution in [2.24, 2.45) is 0 Å². The van der Waals surface area contributed by atoms with E-state index in [2.05, 4.69) is 4.98 Å². The van der Waals surface area contributed by atoms with Crippen LogP contribution in [0.4, 0.5) is 13.2 Å². The number of halogens is 3. The average molecular weight is 276 g/mol. The van der Waals surface area contributed by atoms with E-state index >= 15 is 0 Å². The Bertz CT molecular complexity index is 488. The second kappa shape index (κ2) is 5.68. The second-order valence-electron chi connectivity index (χ2n) is 3.85. The lowest BCUT2D eigenvalue weighted by Crippen LogP contribution is -2.43. The summed E-state index contributed by atoms with van der Waals surface area (Å²) in [4.78, 5) is 26.1. The highest BCUT2D eigenvalue weighted by Crippen LogP contribution is 2.21. The van der Waals surface area contributed by atoms with E-state index in [1.165, 1.54) is 12.1 Å². The Morgan fingerprint density at radius 1 is 1.42 bits per heavy atom. The van der Waals surface area contributed by atoms with Gasteiger partial charge in [-0.05, 0) is 19.1 Å². The van der Waals surface area contributed by atoms with Crippen molar-refractivity contribution in [3.8, 4) is 0 Å². The monoisotopic (exact) mass is 276 g/mol. The van der Waals surface area contributed by atoms with Crippen molar-refractivity contribution in [3.63, 3.8) is 0 Å². The average Bonchev–Trinajstić information content (AvgIpc) is 2.26. The maximum Gasteiger partial charge on any atom is 0.391 e. The molecule has 5 nitrogen and oxygen atoms in total. The Kier molecular flexibility index (Phi) is 4.47. The highest BCUT2D eigenvalue weighted by molar-refractivity contribution is 5.94. The molecule has 1 atom stereocenters. The minimum Gasteiger partial charge on any atom is -0.480 e. The molecule has 0 aliphatic heterocycles. The van der Waals surface area contributed by atoms with E-state index in [-0.39, 0.29) is 5.69 Å². The van der Waals surface area contributed by atoms with E-state index in [0.29, 0.717) is 5.69 Å². The number of carbonyl (C=O) groups excluding carboxylic acids is 1. The van der Waals surface area contributed by atoms with Crippen molar-refractivity contribution in [3.05, 3.63) is 29.6 Å². The third-order valence-electron chi connectivity index (χ3n) is 2.16. The topological polar surface area (TPSA) is 79.3 Å². The Hall–Kier alpha value is -2.12. The van der Waals surface area contributed by atoms with Crippen LogP contribution in [-0.2, 0) is 4.79 Å². The summed E-state index contributed by atoms with van der Waals surface area (Å²) >= 11 is 0. The van der Waals surface area contributed by atoms with E-state index in [1.54, 1.807) is 18.3 Å². The van der Waals surface area contributed by atoms with Crippen LogP contribution in [0.3, 0.4) is 0 Å². The van der Waals surface area contributed by atoms with Crippen LogP contribution in [0, 0.1) is 6.92 Å². The molecule has 0 bridgehead atoms. The Balaban J connectivity index is 2.80. The van der Waals surface area contributed by atoms with E-state index in [4.69, 9.17) is 5.11 Å². The van der Waals surface area contributed by atoms with E-state index in [1.807, 2.05) is 0 Å². The molecule has 0 spiro atoms. The first-order chi connectivity index (χ1) is 8.69. The number of hydrogen-bond donors (Lipinski definition) is 2. The summed E-state index contributed by atoms with van der Waals surface area (Å²) in [7, 11) is 0. The molecule has 0 aliphatic rings. The van der Waals surface area contributed by atoms with Crippen LogP contribution in [0.15, 0.2) is 18.2 Å². The van der Waals surface area contributed by atoms with E-state index in [9.17, 15) is 22.8 Å². The number of aliphatic carboxylic acids is 1. The molecular weight excluding hydrogens is 265 g/mol. The highest BCUT2D eigenvalue weighted by Gasteiger charge is 2.36. The van der Waals surface area contributed by atoms with Gasteiger partial charge < -0.3 is 10.4 Å². The van der Waals surface area contributed by atoms with Crippen molar-refractivity contribution in [2.75, 3.05) is 0 Å². The fourth-order valence-electron chi connectivity index (χ4n) is 1.33. The lowest BCUT2D eigenvalue weighted by atomic mass is 10.2. The number of alkyl halides is 3. The summed E-state index contributed by atoms with van der Waals surface area (Å²) in [6, 6.07) is 2.35. The summed E-state index contributed by atoms with van der Waals surface area (Å²) in [6.07, 6.45) is -6.32. The molecule has 0 saturated heterocycles. The molecule has 0 radical (unpaired) electrons. The molecule has 0 fully saturated rings. The maximum absolute atomic E-state index is 12.2. The number of pyridine rings is 1. The molecule has 1 amide bonds. The Labute approximate surface area is 106 Å². The quantitative estimate of drug-likeness (QED) is 0.874. The van der Waals surface area contributed by atoms with Gasteiger partial charge >= 0.3 is 12.1 Å². The number of aromatic nitrogens is 1. The molecule has 19 heavy (non-hydrogen) atoms. The summed E-state index contributed by atoms with van der Waals surface area (Å²) in [6.45, 7) is 1.60. The number of carboxylic acids is 1. The van der Waals surface area contributed by atoms with Crippen LogP contribution in [0.1, 0.15) is 22.6 Å². The molecule has 1 aromatic heterocycles. The lowest BCUT2D eigenvalue weighted by Gasteiger charge is -2.16. The number of hydrogen-bond acceptors (Lipinski definition) is 3. The van der Waals surface area contributed by atoms with Crippen LogP contribution in [0.5, 0.6) is 0 Å². The molecule has 1 aromatic rings. The second-order valence-corrected chi connectivity index (χ2v) is 3.85. The van der Waals surface area contributed by atoms with Crippen LogP contribution in [0.25, 0.3) is 0 Å². The number of carbonyl (C=O) groups is 2. The van der Waals surface area contributed by atoms with Gasteiger partial charge in [-0.1, -0.05) is 6.07 Å². The van der Waals surface area contributed by atoms with Gasteiger partial charge in [-0.15, -0.1) is 0 Å². The molecule has 2 N–H and O–H groups in total. The van der Waals surface area contributed by atoms with Gasteiger partial charge in [0, 0.05) is 5.69 Å². The highest BCUT2D eigenvalue weighted by atomic mass is 19.4. The zero-order valence-electron chi connectivity index (χ0n) is 9.86. The molecule has 8 heteroatoms. The molecule has 1 heterocycles. The number of rotatable bonds is 4. The fraction of sp³-hybridized carbons (Fsp3) is 0.364. The van der Waals surface area contributed by atoms with Crippen LogP contribution >= 0.6 is 0 Å². The summed E-state index contributed by atoms with van der Waals surface area (Å²) in [5.41, 5.74) is 0.365. The van der Waals surface area contributed by atoms with Gasteiger partial charge in [0.05, 0.1) is 6.42 Å².